The highest BCUT2D eigenvalue weighted by Crippen LogP contribution is 2.53. The van der Waals surface area contributed by atoms with E-state index in [4.69, 9.17) is 27.9 Å². The van der Waals surface area contributed by atoms with Gasteiger partial charge in [-0.1, -0.05) is 23.2 Å². The van der Waals surface area contributed by atoms with E-state index in [1.165, 1.54) is 25.7 Å². The number of carbonyl (C=O) groups is 2. The van der Waals surface area contributed by atoms with Crippen LogP contribution in [0.4, 0.5) is 10.5 Å². The highest BCUT2D eigenvalue weighted by Gasteiger charge is 2.54. The van der Waals surface area contributed by atoms with E-state index in [1.54, 1.807) is 30.0 Å². The number of ether oxygens (including phenoxy) is 1. The maximum Gasteiger partial charge on any atom is 0.322 e. The molecule has 0 aromatic heterocycles. The largest absolute Gasteiger partial charge is 0.352 e. The number of urea groups is 1. The smallest absolute Gasteiger partial charge is 0.322 e. The summed E-state index contributed by atoms with van der Waals surface area (Å²) < 4.78 is 6.15. The number of piperazine rings is 1. The summed E-state index contributed by atoms with van der Waals surface area (Å²) in [7, 11) is 0. The zero-order valence-corrected chi connectivity index (χ0v) is 20.8. The van der Waals surface area contributed by atoms with E-state index in [2.05, 4.69) is 10.2 Å². The Kier molecular flexibility index (Phi) is 6.05. The van der Waals surface area contributed by atoms with Crippen LogP contribution in [0.15, 0.2) is 18.2 Å². The van der Waals surface area contributed by atoms with Gasteiger partial charge in [0.05, 0.1) is 29.2 Å². The monoisotopic (exact) mass is 494 g/mol. The molecule has 4 fully saturated rings. The fourth-order valence-corrected chi connectivity index (χ4v) is 5.92. The summed E-state index contributed by atoms with van der Waals surface area (Å²) in [6.07, 6.45) is 6.34. The Balaban J connectivity index is 1.21. The van der Waals surface area contributed by atoms with Crippen LogP contribution in [0.25, 0.3) is 0 Å². The lowest BCUT2D eigenvalue weighted by molar-refractivity contribution is -0.167. The topological polar surface area (TPSA) is 65.1 Å². The molecule has 180 valence electrons. The molecule has 3 saturated heterocycles. The van der Waals surface area contributed by atoms with E-state index < -0.39 is 11.8 Å². The van der Waals surface area contributed by atoms with E-state index in [-0.39, 0.29) is 18.0 Å². The van der Waals surface area contributed by atoms with E-state index in [0.29, 0.717) is 34.3 Å². The first-order valence-corrected chi connectivity index (χ1v) is 12.7. The number of nitrogens with zero attached hydrogens (tertiary/aromatic N) is 3. The van der Waals surface area contributed by atoms with Crippen LogP contribution in [0, 0.1) is 5.41 Å². The number of hydrogen-bond acceptors (Lipinski definition) is 4. The molecule has 33 heavy (non-hydrogen) atoms. The molecule has 1 saturated carbocycles. The molecule has 0 bridgehead atoms. The zero-order valence-electron chi connectivity index (χ0n) is 19.3. The Morgan fingerprint density at radius 2 is 1.91 bits per heavy atom. The van der Waals surface area contributed by atoms with Gasteiger partial charge in [-0.3, -0.25) is 4.79 Å². The minimum absolute atomic E-state index is 0.0436. The summed E-state index contributed by atoms with van der Waals surface area (Å²) in [5, 5.41) is 3.61. The van der Waals surface area contributed by atoms with Crippen LogP contribution in [0.2, 0.25) is 10.0 Å². The molecule has 3 aliphatic heterocycles. The van der Waals surface area contributed by atoms with Crippen molar-refractivity contribution in [3.05, 3.63) is 28.2 Å². The minimum Gasteiger partial charge on any atom is -0.352 e. The normalized spacial score (nSPS) is 31.1. The standard InChI is InChI=1S/C24H32Cl2N4O3/c1-16-21(31)30-18(5-10-28-11-8-24(6-7-24)9-12-28)14-33-23(30,2)15-29(16)22(32)27-17-3-4-19(25)20(26)13-17/h3-4,13,16,18H,5-12,14-15H2,1-2H3,(H,27,32). The van der Waals surface area contributed by atoms with E-state index in [0.717, 1.165) is 26.1 Å². The number of nitrogens with one attached hydrogen (secondary N) is 1. The minimum atomic E-state index is -0.816. The Labute approximate surface area is 205 Å². The molecule has 1 N–H and O–H groups in total. The lowest BCUT2D eigenvalue weighted by atomic mass is 9.93. The number of piperidine rings is 1. The van der Waals surface area contributed by atoms with Crippen molar-refractivity contribution >= 4 is 40.8 Å². The summed E-state index contributed by atoms with van der Waals surface area (Å²) in [6.45, 7) is 7.83. The van der Waals surface area contributed by atoms with Crippen molar-refractivity contribution in [2.75, 3.05) is 38.1 Å². The van der Waals surface area contributed by atoms with Crippen LogP contribution in [0.3, 0.4) is 0 Å². The third-order valence-electron chi connectivity index (χ3n) is 8.07. The molecular formula is C24H32Cl2N4O3. The van der Waals surface area contributed by atoms with Gasteiger partial charge in [0.1, 0.15) is 6.04 Å². The fraction of sp³-hybridized carbons (Fsp3) is 0.667. The van der Waals surface area contributed by atoms with Crippen LogP contribution < -0.4 is 5.32 Å². The maximum absolute atomic E-state index is 13.4. The van der Waals surface area contributed by atoms with Gasteiger partial charge in [-0.2, -0.15) is 0 Å². The van der Waals surface area contributed by atoms with Crippen molar-refractivity contribution in [2.24, 2.45) is 5.41 Å². The average Bonchev–Trinajstić information content (AvgIpc) is 3.46. The molecule has 0 radical (unpaired) electrons. The van der Waals surface area contributed by atoms with E-state index in [9.17, 15) is 9.59 Å². The van der Waals surface area contributed by atoms with Crippen LogP contribution in [0.1, 0.15) is 46.0 Å². The molecule has 3 heterocycles. The first-order valence-electron chi connectivity index (χ1n) is 11.9. The number of anilines is 1. The van der Waals surface area contributed by atoms with Crippen LogP contribution >= 0.6 is 23.2 Å². The Bertz CT molecular complexity index is 946. The first kappa shape index (κ1) is 23.2. The number of amides is 3. The highest BCUT2D eigenvalue weighted by molar-refractivity contribution is 6.42. The number of benzene rings is 1. The quantitative estimate of drug-likeness (QED) is 0.671. The van der Waals surface area contributed by atoms with E-state index >= 15 is 0 Å². The molecule has 9 heteroatoms. The van der Waals surface area contributed by atoms with Gasteiger partial charge >= 0.3 is 6.03 Å². The van der Waals surface area contributed by atoms with Crippen molar-refractivity contribution in [1.29, 1.82) is 0 Å². The van der Waals surface area contributed by atoms with Gasteiger partial charge in [-0.25, -0.2) is 4.79 Å². The Morgan fingerprint density at radius 3 is 2.58 bits per heavy atom. The molecule has 1 aromatic rings. The number of hydrogen-bond donors (Lipinski definition) is 1. The van der Waals surface area contributed by atoms with Gasteiger partial charge in [0.2, 0.25) is 5.91 Å². The lowest BCUT2D eigenvalue weighted by Gasteiger charge is -2.48. The van der Waals surface area contributed by atoms with Crippen LogP contribution in [0.5, 0.6) is 0 Å². The van der Waals surface area contributed by atoms with Gasteiger partial charge < -0.3 is 24.8 Å². The molecule has 1 spiro atoms. The molecule has 3 amide bonds. The summed E-state index contributed by atoms with van der Waals surface area (Å²) in [4.78, 5) is 32.4. The van der Waals surface area contributed by atoms with Crippen molar-refractivity contribution in [3.63, 3.8) is 0 Å². The fourth-order valence-electron chi connectivity index (χ4n) is 5.62. The summed E-state index contributed by atoms with van der Waals surface area (Å²) in [5.74, 6) is -0.0638. The molecule has 5 rings (SSSR count). The average molecular weight is 495 g/mol. The number of likely N-dealkylation sites (tertiary alicyclic amines) is 1. The first-order chi connectivity index (χ1) is 15.7. The summed E-state index contributed by atoms with van der Waals surface area (Å²) in [5.41, 5.74) is 0.385. The zero-order chi connectivity index (χ0) is 23.4. The molecular weight excluding hydrogens is 463 g/mol. The Morgan fingerprint density at radius 1 is 1.18 bits per heavy atom. The number of halogens is 2. The molecule has 1 aliphatic carbocycles. The second-order valence-corrected chi connectivity index (χ2v) is 11.2. The number of rotatable bonds is 4. The van der Waals surface area contributed by atoms with Gasteiger partial charge in [0, 0.05) is 12.2 Å². The van der Waals surface area contributed by atoms with Gasteiger partial charge in [0.25, 0.3) is 0 Å². The molecule has 4 aliphatic rings. The molecule has 3 unspecified atom stereocenters. The second kappa shape index (κ2) is 8.59. The van der Waals surface area contributed by atoms with Crippen molar-refractivity contribution in [3.8, 4) is 0 Å². The van der Waals surface area contributed by atoms with Crippen molar-refractivity contribution < 1.29 is 14.3 Å². The third kappa shape index (κ3) is 4.45. The van der Waals surface area contributed by atoms with Crippen LogP contribution in [-0.4, -0.2) is 77.2 Å². The summed E-state index contributed by atoms with van der Waals surface area (Å²) >= 11 is 12.0. The van der Waals surface area contributed by atoms with Gasteiger partial charge in [-0.05, 0) is 82.7 Å². The predicted molar refractivity (Wildman–Crippen MR) is 129 cm³/mol. The predicted octanol–water partition coefficient (Wildman–Crippen LogP) is 4.44. The molecule has 1 aromatic carbocycles. The van der Waals surface area contributed by atoms with Gasteiger partial charge in [0.15, 0.2) is 5.72 Å². The third-order valence-corrected chi connectivity index (χ3v) is 8.81. The van der Waals surface area contributed by atoms with Crippen LogP contribution in [-0.2, 0) is 9.53 Å². The van der Waals surface area contributed by atoms with Gasteiger partial charge in [-0.15, -0.1) is 0 Å². The lowest BCUT2D eigenvalue weighted by Crippen LogP contribution is -2.68. The number of fused-ring (bicyclic) bond motifs is 1. The van der Waals surface area contributed by atoms with Crippen molar-refractivity contribution in [2.45, 2.75) is 63.8 Å². The molecule has 7 nitrogen and oxygen atoms in total. The van der Waals surface area contributed by atoms with E-state index in [1.807, 2.05) is 11.8 Å². The number of carbonyl (C=O) groups excluding carboxylic acids is 2. The Hall–Kier alpha value is -1.54. The summed E-state index contributed by atoms with van der Waals surface area (Å²) in [6, 6.07) is 4.02. The molecule has 3 atom stereocenters. The SMILES string of the molecule is CC1C(=O)N2C(CCN3CCC4(CC3)CC4)COC2(C)CN1C(=O)Nc1ccc(Cl)c(Cl)c1. The second-order valence-electron chi connectivity index (χ2n) is 10.3. The maximum atomic E-state index is 13.4. The van der Waals surface area contributed by atoms with Crippen molar-refractivity contribution in [1.82, 2.24) is 14.7 Å². The highest BCUT2D eigenvalue weighted by atomic mass is 35.5.